The van der Waals surface area contributed by atoms with Crippen LogP contribution >= 0.6 is 0 Å². The summed E-state index contributed by atoms with van der Waals surface area (Å²) in [6.45, 7) is 0. The molecule has 21 heavy (non-hydrogen) atoms. The van der Waals surface area contributed by atoms with Gasteiger partial charge in [-0.15, -0.1) is 0 Å². The lowest BCUT2D eigenvalue weighted by atomic mass is 10.2. The SMILES string of the molecule is NC(=O)c1ccc(C(F)(F)F)nc1Nc1ccccc1F. The van der Waals surface area contributed by atoms with Crippen molar-refractivity contribution in [2.45, 2.75) is 6.18 Å². The van der Waals surface area contributed by atoms with Gasteiger partial charge >= 0.3 is 6.18 Å². The molecular formula is C13H9F4N3O. The Labute approximate surface area is 116 Å². The van der Waals surface area contributed by atoms with E-state index >= 15 is 0 Å². The van der Waals surface area contributed by atoms with Gasteiger partial charge in [-0.3, -0.25) is 4.79 Å². The van der Waals surface area contributed by atoms with Gasteiger partial charge in [-0.05, 0) is 24.3 Å². The Hall–Kier alpha value is -2.64. The molecule has 0 aliphatic carbocycles. The molecule has 110 valence electrons. The highest BCUT2D eigenvalue weighted by Crippen LogP contribution is 2.30. The number of nitrogens with zero attached hydrogens (tertiary/aromatic N) is 1. The molecule has 1 aromatic heterocycles. The van der Waals surface area contributed by atoms with Crippen molar-refractivity contribution in [3.63, 3.8) is 0 Å². The highest BCUT2D eigenvalue weighted by molar-refractivity contribution is 5.98. The quantitative estimate of drug-likeness (QED) is 0.856. The maximum absolute atomic E-state index is 13.5. The molecule has 8 heteroatoms. The predicted molar refractivity (Wildman–Crippen MR) is 67.4 cm³/mol. The Morgan fingerprint density at radius 1 is 1.14 bits per heavy atom. The normalized spacial score (nSPS) is 11.2. The lowest BCUT2D eigenvalue weighted by Crippen LogP contribution is -2.17. The number of anilines is 2. The molecule has 2 aromatic rings. The van der Waals surface area contributed by atoms with Gasteiger partial charge in [0.1, 0.15) is 17.3 Å². The van der Waals surface area contributed by atoms with Crippen LogP contribution in [0.15, 0.2) is 36.4 Å². The first-order valence-corrected chi connectivity index (χ1v) is 5.68. The van der Waals surface area contributed by atoms with Crippen molar-refractivity contribution in [2.75, 3.05) is 5.32 Å². The number of carbonyl (C=O) groups is 1. The molecule has 1 heterocycles. The van der Waals surface area contributed by atoms with E-state index in [1.165, 1.54) is 18.2 Å². The van der Waals surface area contributed by atoms with Gasteiger partial charge in [0.15, 0.2) is 0 Å². The fourth-order valence-electron chi connectivity index (χ4n) is 1.60. The molecule has 1 amide bonds. The number of amides is 1. The van der Waals surface area contributed by atoms with E-state index in [0.29, 0.717) is 6.07 Å². The standard InChI is InChI=1S/C13H9F4N3O/c14-8-3-1-2-4-9(8)19-12-7(11(18)21)5-6-10(20-12)13(15,16)17/h1-6H,(H2,18,21)(H,19,20). The minimum Gasteiger partial charge on any atom is -0.365 e. The maximum Gasteiger partial charge on any atom is 0.433 e. The first kappa shape index (κ1) is 14.8. The Morgan fingerprint density at radius 2 is 1.81 bits per heavy atom. The third kappa shape index (κ3) is 3.28. The number of hydrogen-bond donors (Lipinski definition) is 2. The molecule has 0 aliphatic rings. The average Bonchev–Trinajstić information content (AvgIpc) is 2.40. The zero-order valence-corrected chi connectivity index (χ0v) is 10.4. The third-order valence-electron chi connectivity index (χ3n) is 2.58. The summed E-state index contributed by atoms with van der Waals surface area (Å²) in [4.78, 5) is 14.5. The summed E-state index contributed by atoms with van der Waals surface area (Å²) in [5.41, 5.74) is 3.46. The van der Waals surface area contributed by atoms with E-state index in [4.69, 9.17) is 5.73 Å². The van der Waals surface area contributed by atoms with Crippen molar-refractivity contribution >= 4 is 17.4 Å². The molecule has 0 radical (unpaired) electrons. The lowest BCUT2D eigenvalue weighted by molar-refractivity contribution is -0.141. The second-order valence-electron chi connectivity index (χ2n) is 4.06. The van der Waals surface area contributed by atoms with E-state index < -0.39 is 29.4 Å². The van der Waals surface area contributed by atoms with Crippen molar-refractivity contribution in [1.82, 2.24) is 4.98 Å². The number of benzene rings is 1. The molecule has 4 nitrogen and oxygen atoms in total. The molecule has 0 unspecified atom stereocenters. The second-order valence-corrected chi connectivity index (χ2v) is 4.06. The monoisotopic (exact) mass is 299 g/mol. The van der Waals surface area contributed by atoms with Crippen molar-refractivity contribution in [3.05, 3.63) is 53.5 Å². The molecule has 1 aromatic carbocycles. The topological polar surface area (TPSA) is 68.0 Å². The first-order valence-electron chi connectivity index (χ1n) is 5.68. The summed E-state index contributed by atoms with van der Waals surface area (Å²) in [7, 11) is 0. The molecule has 2 rings (SSSR count). The van der Waals surface area contributed by atoms with Crippen LogP contribution in [0, 0.1) is 5.82 Å². The maximum atomic E-state index is 13.5. The number of para-hydroxylation sites is 1. The lowest BCUT2D eigenvalue weighted by Gasteiger charge is -2.13. The smallest absolute Gasteiger partial charge is 0.365 e. The fraction of sp³-hybridized carbons (Fsp3) is 0.0769. The average molecular weight is 299 g/mol. The summed E-state index contributed by atoms with van der Waals surface area (Å²) >= 11 is 0. The number of nitrogens with one attached hydrogen (secondary N) is 1. The molecular weight excluding hydrogens is 290 g/mol. The van der Waals surface area contributed by atoms with Gasteiger partial charge in [0.2, 0.25) is 0 Å². The summed E-state index contributed by atoms with van der Waals surface area (Å²) in [5, 5.41) is 2.35. The summed E-state index contributed by atoms with van der Waals surface area (Å²) in [5.74, 6) is -2.13. The summed E-state index contributed by atoms with van der Waals surface area (Å²) < 4.78 is 51.4. The van der Waals surface area contributed by atoms with Crippen LogP contribution in [-0.4, -0.2) is 10.9 Å². The molecule has 0 bridgehead atoms. The van der Waals surface area contributed by atoms with E-state index in [2.05, 4.69) is 10.3 Å². The van der Waals surface area contributed by atoms with Gasteiger partial charge in [0, 0.05) is 0 Å². The first-order chi connectivity index (χ1) is 9.79. The van der Waals surface area contributed by atoms with Crippen LogP contribution in [0.2, 0.25) is 0 Å². The van der Waals surface area contributed by atoms with Crippen molar-refractivity contribution in [1.29, 1.82) is 0 Å². The Balaban J connectivity index is 2.49. The van der Waals surface area contributed by atoms with E-state index in [9.17, 15) is 22.4 Å². The number of primary amides is 1. The predicted octanol–water partition coefficient (Wildman–Crippen LogP) is 3.08. The van der Waals surface area contributed by atoms with Crippen molar-refractivity contribution in [2.24, 2.45) is 5.73 Å². The third-order valence-corrected chi connectivity index (χ3v) is 2.58. The minimum absolute atomic E-state index is 0.119. The molecule has 0 saturated heterocycles. The summed E-state index contributed by atoms with van der Waals surface area (Å²) in [6.07, 6.45) is -4.69. The number of pyridine rings is 1. The van der Waals surface area contributed by atoms with E-state index in [1.807, 2.05) is 0 Å². The highest BCUT2D eigenvalue weighted by Gasteiger charge is 2.33. The molecule has 0 spiro atoms. The van der Waals surface area contributed by atoms with E-state index in [0.717, 1.165) is 12.1 Å². The second kappa shape index (κ2) is 5.39. The van der Waals surface area contributed by atoms with Gasteiger partial charge < -0.3 is 11.1 Å². The highest BCUT2D eigenvalue weighted by atomic mass is 19.4. The zero-order chi connectivity index (χ0) is 15.6. The number of carbonyl (C=O) groups excluding carboxylic acids is 1. The molecule has 3 N–H and O–H groups in total. The number of rotatable bonds is 3. The number of hydrogen-bond acceptors (Lipinski definition) is 3. The number of aromatic nitrogens is 1. The van der Waals surface area contributed by atoms with Crippen LogP contribution in [0.3, 0.4) is 0 Å². The van der Waals surface area contributed by atoms with Crippen LogP contribution in [0.1, 0.15) is 16.1 Å². The van der Waals surface area contributed by atoms with Gasteiger partial charge in [-0.1, -0.05) is 12.1 Å². The Bertz CT molecular complexity index is 685. The molecule has 0 aliphatic heterocycles. The molecule has 0 fully saturated rings. The van der Waals surface area contributed by atoms with Gasteiger partial charge in [0.05, 0.1) is 11.3 Å². The number of alkyl halides is 3. The fourth-order valence-corrected chi connectivity index (χ4v) is 1.60. The van der Waals surface area contributed by atoms with Gasteiger partial charge in [-0.2, -0.15) is 13.2 Å². The molecule has 0 saturated carbocycles. The molecule has 0 atom stereocenters. The van der Waals surface area contributed by atoms with Crippen molar-refractivity contribution in [3.8, 4) is 0 Å². The summed E-state index contributed by atoms with van der Waals surface area (Å²) in [6, 6.07) is 6.81. The van der Waals surface area contributed by atoms with Crippen LogP contribution in [0.5, 0.6) is 0 Å². The van der Waals surface area contributed by atoms with Gasteiger partial charge in [0.25, 0.3) is 5.91 Å². The van der Waals surface area contributed by atoms with Crippen LogP contribution < -0.4 is 11.1 Å². The van der Waals surface area contributed by atoms with Crippen LogP contribution in [-0.2, 0) is 6.18 Å². The van der Waals surface area contributed by atoms with Crippen molar-refractivity contribution < 1.29 is 22.4 Å². The van der Waals surface area contributed by atoms with Crippen LogP contribution in [0.25, 0.3) is 0 Å². The van der Waals surface area contributed by atoms with Crippen LogP contribution in [0.4, 0.5) is 29.1 Å². The Morgan fingerprint density at radius 3 is 2.38 bits per heavy atom. The number of halogens is 4. The zero-order valence-electron chi connectivity index (χ0n) is 10.4. The number of nitrogens with two attached hydrogens (primary N) is 1. The largest absolute Gasteiger partial charge is 0.433 e. The van der Waals surface area contributed by atoms with E-state index in [1.54, 1.807) is 0 Å². The Kier molecular flexibility index (Phi) is 3.79. The minimum atomic E-state index is -4.69. The van der Waals surface area contributed by atoms with Gasteiger partial charge in [-0.25, -0.2) is 9.37 Å². The van der Waals surface area contributed by atoms with E-state index in [-0.39, 0.29) is 11.3 Å².